The van der Waals surface area contributed by atoms with Crippen LogP contribution in [-0.4, -0.2) is 25.2 Å². The fraction of sp³-hybridized carbons (Fsp3) is 0.545. The second kappa shape index (κ2) is 4.49. The number of ether oxygens (including phenoxy) is 1. The Labute approximate surface area is 89.8 Å². The summed E-state index contributed by atoms with van der Waals surface area (Å²) in [5.74, 6) is 1.28. The molecule has 1 aliphatic rings. The van der Waals surface area contributed by atoms with Crippen molar-refractivity contribution in [2.45, 2.75) is 18.8 Å². The van der Waals surface area contributed by atoms with Crippen LogP contribution in [0.2, 0.25) is 0 Å². The molecule has 4 nitrogen and oxygen atoms in total. The van der Waals surface area contributed by atoms with E-state index in [0.717, 1.165) is 37.4 Å². The quantitative estimate of drug-likeness (QED) is 0.763. The van der Waals surface area contributed by atoms with Gasteiger partial charge in [0.05, 0.1) is 19.0 Å². The molecule has 2 rings (SSSR count). The van der Waals surface area contributed by atoms with Crippen LogP contribution in [0.5, 0.6) is 5.75 Å². The van der Waals surface area contributed by atoms with Crippen LogP contribution in [0.15, 0.2) is 12.3 Å². The van der Waals surface area contributed by atoms with Crippen molar-refractivity contribution in [3.63, 3.8) is 0 Å². The minimum Gasteiger partial charge on any atom is -0.494 e. The van der Waals surface area contributed by atoms with E-state index in [4.69, 9.17) is 10.5 Å². The van der Waals surface area contributed by atoms with Crippen molar-refractivity contribution < 1.29 is 4.74 Å². The number of nitrogens with zero attached hydrogens (tertiary/aromatic N) is 1. The predicted molar refractivity (Wildman–Crippen MR) is 60.0 cm³/mol. The molecule has 15 heavy (non-hydrogen) atoms. The monoisotopic (exact) mass is 207 g/mol. The molecule has 0 bridgehead atoms. The third kappa shape index (κ3) is 2.21. The van der Waals surface area contributed by atoms with E-state index in [-0.39, 0.29) is 0 Å². The van der Waals surface area contributed by atoms with E-state index in [1.807, 2.05) is 6.07 Å². The zero-order chi connectivity index (χ0) is 10.7. The first-order valence-corrected chi connectivity index (χ1v) is 5.31. The van der Waals surface area contributed by atoms with E-state index in [1.165, 1.54) is 0 Å². The SMILES string of the molecule is COc1cc(C2CCNCC2)ncc1N. The van der Waals surface area contributed by atoms with Gasteiger partial charge in [-0.3, -0.25) is 4.98 Å². The lowest BCUT2D eigenvalue weighted by atomic mass is 9.94. The maximum Gasteiger partial charge on any atom is 0.145 e. The minimum atomic E-state index is 0.542. The van der Waals surface area contributed by atoms with Gasteiger partial charge in [-0.1, -0.05) is 0 Å². The third-order valence-corrected chi connectivity index (χ3v) is 2.89. The summed E-state index contributed by atoms with van der Waals surface area (Å²) in [6.45, 7) is 2.14. The van der Waals surface area contributed by atoms with E-state index in [0.29, 0.717) is 11.6 Å². The number of pyridine rings is 1. The number of hydrogen-bond acceptors (Lipinski definition) is 4. The van der Waals surface area contributed by atoms with Crippen molar-refractivity contribution in [1.82, 2.24) is 10.3 Å². The minimum absolute atomic E-state index is 0.542. The molecular formula is C11H17N3O. The first-order chi connectivity index (χ1) is 7.31. The van der Waals surface area contributed by atoms with Crippen molar-refractivity contribution in [1.29, 1.82) is 0 Å². The zero-order valence-electron chi connectivity index (χ0n) is 8.99. The largest absolute Gasteiger partial charge is 0.494 e. The molecule has 1 fully saturated rings. The topological polar surface area (TPSA) is 60.2 Å². The normalized spacial score (nSPS) is 17.7. The smallest absolute Gasteiger partial charge is 0.145 e. The molecule has 82 valence electrons. The van der Waals surface area contributed by atoms with Crippen LogP contribution < -0.4 is 15.8 Å². The van der Waals surface area contributed by atoms with Crippen molar-refractivity contribution in [3.8, 4) is 5.75 Å². The summed E-state index contributed by atoms with van der Waals surface area (Å²) in [4.78, 5) is 4.38. The highest BCUT2D eigenvalue weighted by Gasteiger charge is 2.17. The summed E-state index contributed by atoms with van der Waals surface area (Å²) in [5.41, 5.74) is 7.44. The predicted octanol–water partition coefficient (Wildman–Crippen LogP) is 1.14. The van der Waals surface area contributed by atoms with Gasteiger partial charge in [0.2, 0.25) is 0 Å². The Bertz CT molecular complexity index is 335. The number of hydrogen-bond donors (Lipinski definition) is 2. The number of nitrogens with one attached hydrogen (secondary N) is 1. The highest BCUT2D eigenvalue weighted by molar-refractivity contribution is 5.51. The summed E-state index contributed by atoms with van der Waals surface area (Å²) in [7, 11) is 1.64. The summed E-state index contributed by atoms with van der Waals surface area (Å²) >= 11 is 0. The average molecular weight is 207 g/mol. The number of aromatic nitrogens is 1. The number of nitrogen functional groups attached to an aromatic ring is 1. The highest BCUT2D eigenvalue weighted by atomic mass is 16.5. The average Bonchev–Trinajstić information content (AvgIpc) is 2.31. The van der Waals surface area contributed by atoms with Gasteiger partial charge in [0.1, 0.15) is 5.75 Å². The van der Waals surface area contributed by atoms with Crippen LogP contribution in [-0.2, 0) is 0 Å². The lowest BCUT2D eigenvalue weighted by molar-refractivity contribution is 0.411. The van der Waals surface area contributed by atoms with E-state index in [9.17, 15) is 0 Å². The molecule has 3 N–H and O–H groups in total. The molecule has 0 saturated carbocycles. The number of nitrogens with two attached hydrogens (primary N) is 1. The van der Waals surface area contributed by atoms with Crippen LogP contribution in [0.3, 0.4) is 0 Å². The summed E-state index contributed by atoms with van der Waals surface area (Å²) in [6.07, 6.45) is 3.97. The lowest BCUT2D eigenvalue weighted by Gasteiger charge is -2.22. The van der Waals surface area contributed by atoms with E-state index < -0.39 is 0 Å². The van der Waals surface area contributed by atoms with Crippen LogP contribution in [0.4, 0.5) is 5.69 Å². The van der Waals surface area contributed by atoms with Crippen LogP contribution in [0, 0.1) is 0 Å². The molecule has 1 saturated heterocycles. The molecular weight excluding hydrogens is 190 g/mol. The fourth-order valence-corrected chi connectivity index (χ4v) is 1.98. The van der Waals surface area contributed by atoms with Crippen molar-refractivity contribution >= 4 is 5.69 Å². The molecule has 0 aliphatic carbocycles. The van der Waals surface area contributed by atoms with Crippen molar-refractivity contribution in [3.05, 3.63) is 18.0 Å². The number of anilines is 1. The molecule has 0 amide bonds. The maximum absolute atomic E-state index is 5.73. The molecule has 1 aromatic heterocycles. The molecule has 0 radical (unpaired) electrons. The van der Waals surface area contributed by atoms with Gasteiger partial charge in [0.15, 0.2) is 0 Å². The molecule has 2 heterocycles. The Morgan fingerprint density at radius 2 is 2.20 bits per heavy atom. The standard InChI is InChI=1S/C11H17N3O/c1-15-11-6-10(14-7-9(11)12)8-2-4-13-5-3-8/h6-8,13H,2-5,12H2,1H3. The van der Waals surface area contributed by atoms with E-state index in [2.05, 4.69) is 10.3 Å². The molecule has 0 spiro atoms. The molecule has 1 aromatic rings. The Morgan fingerprint density at radius 3 is 2.87 bits per heavy atom. The van der Waals surface area contributed by atoms with Crippen molar-refractivity contribution in [2.24, 2.45) is 0 Å². The number of rotatable bonds is 2. The van der Waals surface area contributed by atoms with Gasteiger partial charge in [-0.2, -0.15) is 0 Å². The van der Waals surface area contributed by atoms with E-state index >= 15 is 0 Å². The fourth-order valence-electron chi connectivity index (χ4n) is 1.98. The van der Waals surface area contributed by atoms with E-state index in [1.54, 1.807) is 13.3 Å². The summed E-state index contributed by atoms with van der Waals surface area (Å²) < 4.78 is 5.20. The maximum atomic E-state index is 5.73. The van der Waals surface area contributed by atoms with Gasteiger partial charge in [0, 0.05) is 17.7 Å². The molecule has 4 heteroatoms. The van der Waals surface area contributed by atoms with Gasteiger partial charge < -0.3 is 15.8 Å². The highest BCUT2D eigenvalue weighted by Crippen LogP contribution is 2.28. The third-order valence-electron chi connectivity index (χ3n) is 2.89. The molecule has 0 unspecified atom stereocenters. The Morgan fingerprint density at radius 1 is 1.47 bits per heavy atom. The number of piperidine rings is 1. The van der Waals surface area contributed by atoms with Gasteiger partial charge >= 0.3 is 0 Å². The second-order valence-electron chi connectivity index (χ2n) is 3.88. The zero-order valence-corrected chi connectivity index (χ0v) is 8.99. The van der Waals surface area contributed by atoms with Gasteiger partial charge in [-0.05, 0) is 25.9 Å². The summed E-state index contributed by atoms with van der Waals surface area (Å²) in [5, 5.41) is 3.34. The van der Waals surface area contributed by atoms with Crippen LogP contribution >= 0.6 is 0 Å². The Balaban J connectivity index is 2.20. The molecule has 0 atom stereocenters. The van der Waals surface area contributed by atoms with Gasteiger partial charge in [-0.25, -0.2) is 0 Å². The van der Waals surface area contributed by atoms with Crippen LogP contribution in [0.25, 0.3) is 0 Å². The van der Waals surface area contributed by atoms with Crippen molar-refractivity contribution in [2.75, 3.05) is 25.9 Å². The summed E-state index contributed by atoms with van der Waals surface area (Å²) in [6, 6.07) is 1.96. The molecule has 1 aliphatic heterocycles. The Hall–Kier alpha value is -1.29. The first kappa shape index (κ1) is 10.2. The van der Waals surface area contributed by atoms with Crippen LogP contribution in [0.1, 0.15) is 24.5 Å². The molecule has 0 aromatic carbocycles. The second-order valence-corrected chi connectivity index (χ2v) is 3.88. The first-order valence-electron chi connectivity index (χ1n) is 5.31. The lowest BCUT2D eigenvalue weighted by Crippen LogP contribution is -2.27. The number of methoxy groups -OCH3 is 1. The van der Waals surface area contributed by atoms with Gasteiger partial charge in [-0.15, -0.1) is 0 Å². The van der Waals surface area contributed by atoms with Gasteiger partial charge in [0.25, 0.3) is 0 Å². The Kier molecular flexibility index (Phi) is 3.06.